The lowest BCUT2D eigenvalue weighted by atomic mass is 9.83. The average Bonchev–Trinajstić information content (AvgIpc) is 3.56. The number of hydrogen-bond acceptors (Lipinski definition) is 10. The molecule has 14 heteroatoms. The highest BCUT2D eigenvalue weighted by Gasteiger charge is 2.54. The first-order valence-electron chi connectivity index (χ1n) is 16.4. The van der Waals surface area contributed by atoms with E-state index in [9.17, 15) is 13.2 Å². The molecule has 0 aliphatic carbocycles. The van der Waals surface area contributed by atoms with Gasteiger partial charge in [0, 0.05) is 36.5 Å². The summed E-state index contributed by atoms with van der Waals surface area (Å²) < 4.78 is 45.0. The Labute approximate surface area is 296 Å². The maximum Gasteiger partial charge on any atom is 0.266 e. The molecule has 1 heterocycles. The van der Waals surface area contributed by atoms with Crippen LogP contribution in [0.5, 0.6) is 11.5 Å². The van der Waals surface area contributed by atoms with Gasteiger partial charge in [-0.2, -0.15) is 0 Å². The Morgan fingerprint density at radius 3 is 2.43 bits per heavy atom. The number of ether oxygens (including phenoxy) is 3. The number of aliphatic hydroxyl groups excluding tert-OH is 1. The number of carbonyl (C=O) groups excluding carboxylic acids is 1. The molecule has 2 atom stereocenters. The van der Waals surface area contributed by atoms with Crippen LogP contribution in [0.15, 0.2) is 118 Å². The summed E-state index contributed by atoms with van der Waals surface area (Å²) in [6, 6.07) is 29.6. The van der Waals surface area contributed by atoms with Crippen molar-refractivity contribution < 1.29 is 32.5 Å². The molecule has 0 saturated carbocycles. The minimum atomic E-state index is -3.86. The summed E-state index contributed by atoms with van der Waals surface area (Å²) in [7, 11) is -2.27. The van der Waals surface area contributed by atoms with Crippen LogP contribution in [0, 0.1) is 0 Å². The molecule has 266 valence electrons. The molecule has 4 aromatic carbocycles. The molecular formula is C37H40N6O7S. The van der Waals surface area contributed by atoms with Crippen molar-refractivity contribution in [2.75, 3.05) is 32.6 Å². The third-order valence-corrected chi connectivity index (χ3v) is 10.2. The number of nitrogens with one attached hydrogen (secondary N) is 2. The molecule has 51 heavy (non-hydrogen) atoms. The minimum Gasteiger partial charge on any atom is -0.496 e. The van der Waals surface area contributed by atoms with Crippen molar-refractivity contribution in [3.63, 3.8) is 0 Å². The van der Waals surface area contributed by atoms with E-state index in [0.717, 1.165) is 5.56 Å². The van der Waals surface area contributed by atoms with Crippen LogP contribution in [0.3, 0.4) is 0 Å². The maximum absolute atomic E-state index is 14.5. The van der Waals surface area contributed by atoms with Gasteiger partial charge in [-0.3, -0.25) is 10.2 Å². The SMILES string of the molecule is COc1ccccc1CCNNC(=O)[C@@]1(CCS(=O)(=O)c2ccccc2)N=C(c2ccc(OCCCO)cc2)O[C@H]1c1ccccc1CN=[N+]=[N-]. The Hall–Kier alpha value is -5.40. The van der Waals surface area contributed by atoms with Crippen molar-refractivity contribution in [2.24, 2.45) is 10.1 Å². The maximum atomic E-state index is 14.5. The quantitative estimate of drug-likeness (QED) is 0.0411. The lowest BCUT2D eigenvalue weighted by Crippen LogP contribution is -2.53. The van der Waals surface area contributed by atoms with Crippen LogP contribution in [0.1, 0.15) is 41.2 Å². The van der Waals surface area contributed by atoms with Gasteiger partial charge in [0.1, 0.15) is 11.5 Å². The van der Waals surface area contributed by atoms with Gasteiger partial charge in [0.15, 0.2) is 21.5 Å². The van der Waals surface area contributed by atoms with Crippen LogP contribution in [0.2, 0.25) is 0 Å². The van der Waals surface area contributed by atoms with Gasteiger partial charge in [-0.1, -0.05) is 65.8 Å². The summed E-state index contributed by atoms with van der Waals surface area (Å²) in [5, 5.41) is 12.8. The Morgan fingerprint density at radius 1 is 1.00 bits per heavy atom. The van der Waals surface area contributed by atoms with E-state index in [4.69, 9.17) is 29.8 Å². The molecule has 1 aliphatic rings. The molecule has 0 spiro atoms. The Bertz CT molecular complexity index is 1970. The number of hydrogen-bond donors (Lipinski definition) is 3. The van der Waals surface area contributed by atoms with E-state index < -0.39 is 33.1 Å². The Morgan fingerprint density at radius 2 is 1.71 bits per heavy atom. The predicted molar refractivity (Wildman–Crippen MR) is 192 cm³/mol. The van der Waals surface area contributed by atoms with Crippen molar-refractivity contribution in [1.29, 1.82) is 0 Å². The number of amides is 1. The highest BCUT2D eigenvalue weighted by molar-refractivity contribution is 7.91. The zero-order valence-electron chi connectivity index (χ0n) is 28.1. The molecule has 0 unspecified atom stereocenters. The average molecular weight is 713 g/mol. The van der Waals surface area contributed by atoms with Crippen molar-refractivity contribution in [3.05, 3.63) is 136 Å². The molecule has 0 bridgehead atoms. The second kappa shape index (κ2) is 17.5. The van der Waals surface area contributed by atoms with Crippen LogP contribution in [0.4, 0.5) is 0 Å². The third-order valence-electron chi connectivity index (χ3n) is 8.44. The Balaban J connectivity index is 1.53. The highest BCUT2D eigenvalue weighted by Crippen LogP contribution is 2.44. The summed E-state index contributed by atoms with van der Waals surface area (Å²) in [5.74, 6) is 0.390. The van der Waals surface area contributed by atoms with Crippen LogP contribution >= 0.6 is 0 Å². The number of aliphatic hydroxyl groups is 1. The zero-order valence-corrected chi connectivity index (χ0v) is 29.0. The van der Waals surface area contributed by atoms with Gasteiger partial charge < -0.3 is 19.3 Å². The smallest absolute Gasteiger partial charge is 0.266 e. The van der Waals surface area contributed by atoms with Gasteiger partial charge >= 0.3 is 0 Å². The number of sulfone groups is 1. The minimum absolute atomic E-state index is 0.00468. The van der Waals surface area contributed by atoms with Gasteiger partial charge in [0.2, 0.25) is 5.90 Å². The number of azide groups is 1. The van der Waals surface area contributed by atoms with Crippen LogP contribution in [-0.4, -0.2) is 63.5 Å². The second-order valence-corrected chi connectivity index (χ2v) is 13.8. The monoisotopic (exact) mass is 712 g/mol. The van der Waals surface area contributed by atoms with Crippen LogP contribution < -0.4 is 20.3 Å². The van der Waals surface area contributed by atoms with Gasteiger partial charge in [0.25, 0.3) is 5.91 Å². The molecule has 4 aromatic rings. The fourth-order valence-electron chi connectivity index (χ4n) is 5.78. The number of nitrogens with zero attached hydrogens (tertiary/aromatic N) is 4. The number of aliphatic imine (C=N–C) groups is 1. The van der Waals surface area contributed by atoms with E-state index in [-0.39, 0.29) is 30.4 Å². The molecule has 1 aliphatic heterocycles. The van der Waals surface area contributed by atoms with E-state index in [1.54, 1.807) is 73.8 Å². The van der Waals surface area contributed by atoms with E-state index in [1.807, 2.05) is 24.3 Å². The van der Waals surface area contributed by atoms with E-state index >= 15 is 0 Å². The fourth-order valence-corrected chi connectivity index (χ4v) is 7.17. The number of hydrazine groups is 1. The largest absolute Gasteiger partial charge is 0.496 e. The van der Waals surface area contributed by atoms with Crippen molar-refractivity contribution in [2.45, 2.75) is 42.3 Å². The molecule has 0 saturated heterocycles. The standard InChI is InChI=1S/C37H40N6O7S/c1-48-33-15-8-6-10-27(33)20-22-39-42-36(45)37(21-25-51(46,47)31-12-3-2-4-13-31)34(32-14-7-5-11-29(32)26-40-43-38)50-35(41-37)28-16-18-30(19-17-28)49-24-9-23-44/h2-8,10-19,34,39,44H,9,20-26H2,1H3,(H,42,45)/t34-,37-/m0/s1. The predicted octanol–water partition coefficient (Wildman–Crippen LogP) is 5.25. The summed E-state index contributed by atoms with van der Waals surface area (Å²) in [6.07, 6.45) is -0.336. The van der Waals surface area contributed by atoms with Gasteiger partial charge in [-0.25, -0.2) is 18.8 Å². The number of rotatable bonds is 18. The first kappa shape index (κ1) is 36.9. The summed E-state index contributed by atoms with van der Waals surface area (Å²) >= 11 is 0. The number of methoxy groups -OCH3 is 1. The second-order valence-electron chi connectivity index (χ2n) is 11.7. The van der Waals surface area contributed by atoms with E-state index in [1.165, 1.54) is 12.1 Å². The fraction of sp³-hybridized carbons (Fsp3) is 0.297. The zero-order chi connectivity index (χ0) is 36.1. The third kappa shape index (κ3) is 9.04. The molecule has 0 fully saturated rings. The van der Waals surface area contributed by atoms with Crippen molar-refractivity contribution >= 4 is 21.6 Å². The topological polar surface area (TPSA) is 184 Å². The van der Waals surface area contributed by atoms with Crippen molar-refractivity contribution in [1.82, 2.24) is 10.9 Å². The first-order chi connectivity index (χ1) is 24.8. The summed E-state index contributed by atoms with van der Waals surface area (Å²) in [5.41, 5.74) is 15.7. The molecule has 13 nitrogen and oxygen atoms in total. The lowest BCUT2D eigenvalue weighted by molar-refractivity contribution is -0.130. The number of carbonyl (C=O) groups is 1. The van der Waals surface area contributed by atoms with Crippen LogP contribution in [0.25, 0.3) is 10.4 Å². The highest BCUT2D eigenvalue weighted by atomic mass is 32.2. The van der Waals surface area contributed by atoms with Crippen molar-refractivity contribution in [3.8, 4) is 11.5 Å². The normalized spacial score (nSPS) is 16.7. The molecule has 5 rings (SSSR count). The van der Waals surface area contributed by atoms with E-state index in [0.29, 0.717) is 54.2 Å². The molecule has 3 N–H and O–H groups in total. The lowest BCUT2D eigenvalue weighted by Gasteiger charge is -2.31. The summed E-state index contributed by atoms with van der Waals surface area (Å²) in [4.78, 5) is 22.5. The van der Waals surface area contributed by atoms with Gasteiger partial charge in [-0.15, -0.1) is 0 Å². The van der Waals surface area contributed by atoms with Gasteiger partial charge in [0.05, 0.1) is 30.9 Å². The summed E-state index contributed by atoms with van der Waals surface area (Å²) in [6.45, 7) is 0.641. The molecule has 0 radical (unpaired) electrons. The van der Waals surface area contributed by atoms with Gasteiger partial charge in [-0.05, 0) is 71.1 Å². The number of benzene rings is 4. The first-order valence-corrected chi connectivity index (χ1v) is 18.1. The molecule has 1 amide bonds. The Kier molecular flexibility index (Phi) is 12.7. The molecule has 0 aromatic heterocycles. The van der Waals surface area contributed by atoms with E-state index in [2.05, 4.69) is 20.9 Å². The van der Waals surface area contributed by atoms with Crippen LogP contribution in [-0.2, 0) is 32.3 Å². The molecular weight excluding hydrogens is 673 g/mol. The number of para-hydroxylation sites is 1.